The Morgan fingerprint density at radius 3 is 3.00 bits per heavy atom. The first-order valence-electron chi connectivity index (χ1n) is 4.82. The Balaban J connectivity index is 2.13. The average Bonchev–Trinajstić information content (AvgIpc) is 2.77. The third-order valence-corrected chi connectivity index (χ3v) is 2.35. The summed E-state index contributed by atoms with van der Waals surface area (Å²) >= 11 is 5.57. The number of hydrogen-bond donors (Lipinski definition) is 0. The zero-order valence-corrected chi connectivity index (χ0v) is 9.57. The van der Waals surface area contributed by atoms with E-state index in [-0.39, 0.29) is 5.88 Å². The number of alkyl halides is 1. The highest BCUT2D eigenvalue weighted by atomic mass is 35.5. The lowest BCUT2D eigenvalue weighted by atomic mass is 10.1. The fourth-order valence-corrected chi connectivity index (χ4v) is 1.49. The summed E-state index contributed by atoms with van der Waals surface area (Å²) in [6, 6.07) is 7.75. The van der Waals surface area contributed by atoms with Crippen molar-refractivity contribution in [1.29, 1.82) is 0 Å². The van der Waals surface area contributed by atoms with E-state index in [1.807, 2.05) is 24.3 Å². The number of methoxy groups -OCH3 is 1. The van der Waals surface area contributed by atoms with Crippen molar-refractivity contribution in [1.82, 2.24) is 10.1 Å². The van der Waals surface area contributed by atoms with Crippen LogP contribution in [-0.4, -0.2) is 17.3 Å². The van der Waals surface area contributed by atoms with Crippen LogP contribution < -0.4 is 4.74 Å². The second kappa shape index (κ2) is 4.99. The predicted molar refractivity (Wildman–Crippen MR) is 59.7 cm³/mol. The van der Waals surface area contributed by atoms with Crippen molar-refractivity contribution in [2.24, 2.45) is 0 Å². The van der Waals surface area contributed by atoms with Gasteiger partial charge in [-0.3, -0.25) is 0 Å². The van der Waals surface area contributed by atoms with Crippen LogP contribution in [0.15, 0.2) is 28.8 Å². The number of hydrogen-bond acceptors (Lipinski definition) is 4. The van der Waals surface area contributed by atoms with E-state index in [1.54, 1.807) is 7.11 Å². The molecule has 0 bridgehead atoms. The van der Waals surface area contributed by atoms with Gasteiger partial charge >= 0.3 is 0 Å². The van der Waals surface area contributed by atoms with Crippen LogP contribution in [0.25, 0.3) is 0 Å². The van der Waals surface area contributed by atoms with Crippen LogP contribution >= 0.6 is 11.6 Å². The van der Waals surface area contributed by atoms with Gasteiger partial charge in [-0.15, -0.1) is 11.6 Å². The van der Waals surface area contributed by atoms with Gasteiger partial charge in [0.1, 0.15) is 11.6 Å². The lowest BCUT2D eigenvalue weighted by molar-refractivity contribution is 0.385. The molecule has 0 aliphatic heterocycles. The molecule has 5 heteroatoms. The van der Waals surface area contributed by atoms with Gasteiger partial charge in [-0.2, -0.15) is 4.98 Å². The number of rotatable bonds is 4. The zero-order chi connectivity index (χ0) is 11.4. The van der Waals surface area contributed by atoms with Crippen LogP contribution in [0.3, 0.4) is 0 Å². The summed E-state index contributed by atoms with van der Waals surface area (Å²) in [7, 11) is 1.64. The maximum Gasteiger partial charge on any atom is 0.241 e. The lowest BCUT2D eigenvalue weighted by Gasteiger charge is -2.01. The number of nitrogens with zero attached hydrogens (tertiary/aromatic N) is 2. The van der Waals surface area contributed by atoms with Crippen molar-refractivity contribution < 1.29 is 9.26 Å². The third-order valence-electron chi connectivity index (χ3n) is 2.12. The minimum absolute atomic E-state index is 0.241. The number of aromatic nitrogens is 2. The van der Waals surface area contributed by atoms with Gasteiger partial charge in [0.2, 0.25) is 5.89 Å². The summed E-state index contributed by atoms with van der Waals surface area (Å²) in [5, 5.41) is 3.83. The molecular weight excluding hydrogens is 228 g/mol. The molecule has 0 atom stereocenters. The van der Waals surface area contributed by atoms with Crippen molar-refractivity contribution in [3.63, 3.8) is 0 Å². The molecule has 0 saturated heterocycles. The van der Waals surface area contributed by atoms with E-state index in [0.29, 0.717) is 18.1 Å². The van der Waals surface area contributed by atoms with Crippen molar-refractivity contribution in [2.45, 2.75) is 12.3 Å². The van der Waals surface area contributed by atoms with E-state index in [9.17, 15) is 0 Å². The van der Waals surface area contributed by atoms with Gasteiger partial charge in [0.15, 0.2) is 5.82 Å². The zero-order valence-electron chi connectivity index (χ0n) is 8.81. The highest BCUT2D eigenvalue weighted by molar-refractivity contribution is 6.16. The van der Waals surface area contributed by atoms with Crippen LogP contribution in [0.2, 0.25) is 0 Å². The summed E-state index contributed by atoms with van der Waals surface area (Å²) in [6.07, 6.45) is 0.609. The number of benzene rings is 1. The Morgan fingerprint density at radius 1 is 1.44 bits per heavy atom. The molecule has 0 fully saturated rings. The van der Waals surface area contributed by atoms with Gasteiger partial charge in [-0.1, -0.05) is 17.3 Å². The fraction of sp³-hybridized carbons (Fsp3) is 0.273. The lowest BCUT2D eigenvalue weighted by Crippen LogP contribution is -1.92. The van der Waals surface area contributed by atoms with E-state index >= 15 is 0 Å². The van der Waals surface area contributed by atoms with Gasteiger partial charge in [-0.05, 0) is 17.7 Å². The van der Waals surface area contributed by atoms with Gasteiger partial charge < -0.3 is 9.26 Å². The maximum atomic E-state index is 5.57. The van der Waals surface area contributed by atoms with Crippen LogP contribution in [0.4, 0.5) is 0 Å². The van der Waals surface area contributed by atoms with E-state index in [1.165, 1.54) is 0 Å². The van der Waals surface area contributed by atoms with E-state index in [2.05, 4.69) is 10.1 Å². The monoisotopic (exact) mass is 238 g/mol. The molecule has 84 valence electrons. The molecular formula is C11H11ClN2O2. The SMILES string of the molecule is COc1cccc(Cc2noc(CCl)n2)c1. The third kappa shape index (κ3) is 2.52. The second-order valence-electron chi connectivity index (χ2n) is 3.27. The fourth-order valence-electron chi connectivity index (χ4n) is 1.38. The number of ether oxygens (including phenoxy) is 1. The Hall–Kier alpha value is -1.55. The smallest absolute Gasteiger partial charge is 0.241 e. The van der Waals surface area contributed by atoms with E-state index in [4.69, 9.17) is 20.9 Å². The molecule has 0 unspecified atom stereocenters. The quantitative estimate of drug-likeness (QED) is 0.768. The molecule has 0 amide bonds. The highest BCUT2D eigenvalue weighted by Gasteiger charge is 2.06. The van der Waals surface area contributed by atoms with Crippen LogP contribution in [0.1, 0.15) is 17.3 Å². The molecule has 4 nitrogen and oxygen atoms in total. The van der Waals surface area contributed by atoms with Crippen LogP contribution in [0, 0.1) is 0 Å². The summed E-state index contributed by atoms with van der Waals surface area (Å²) < 4.78 is 10.1. The molecule has 0 spiro atoms. The first kappa shape index (κ1) is 11.0. The van der Waals surface area contributed by atoms with Gasteiger partial charge in [0, 0.05) is 6.42 Å². The highest BCUT2D eigenvalue weighted by Crippen LogP contribution is 2.15. The maximum absolute atomic E-state index is 5.57. The minimum atomic E-state index is 0.241. The molecule has 1 aromatic heterocycles. The summed E-state index contributed by atoms with van der Waals surface area (Å²) in [5.41, 5.74) is 1.07. The van der Waals surface area contributed by atoms with Crippen molar-refractivity contribution in [3.8, 4) is 5.75 Å². The van der Waals surface area contributed by atoms with Crippen LogP contribution in [0.5, 0.6) is 5.75 Å². The predicted octanol–water partition coefficient (Wildman–Crippen LogP) is 2.41. The van der Waals surface area contributed by atoms with Crippen LogP contribution in [-0.2, 0) is 12.3 Å². The van der Waals surface area contributed by atoms with E-state index in [0.717, 1.165) is 11.3 Å². The molecule has 1 aromatic carbocycles. The van der Waals surface area contributed by atoms with Gasteiger partial charge in [-0.25, -0.2) is 0 Å². The molecule has 0 aliphatic rings. The van der Waals surface area contributed by atoms with Gasteiger partial charge in [0.05, 0.1) is 7.11 Å². The molecule has 16 heavy (non-hydrogen) atoms. The molecule has 2 rings (SSSR count). The van der Waals surface area contributed by atoms with Crippen molar-refractivity contribution in [2.75, 3.05) is 7.11 Å². The average molecular weight is 239 g/mol. The Morgan fingerprint density at radius 2 is 2.31 bits per heavy atom. The minimum Gasteiger partial charge on any atom is -0.497 e. The number of halogens is 1. The molecule has 0 aliphatic carbocycles. The standard InChI is InChI=1S/C11H11ClN2O2/c1-15-9-4-2-3-8(5-9)6-10-13-11(7-12)16-14-10/h2-5H,6-7H2,1H3. The summed E-state index contributed by atoms with van der Waals surface area (Å²) in [6.45, 7) is 0. The Bertz CT molecular complexity index is 471. The topological polar surface area (TPSA) is 48.2 Å². The largest absolute Gasteiger partial charge is 0.497 e. The first-order valence-corrected chi connectivity index (χ1v) is 5.35. The summed E-state index contributed by atoms with van der Waals surface area (Å²) in [4.78, 5) is 4.13. The first-order chi connectivity index (χ1) is 7.81. The Kier molecular flexibility index (Phi) is 3.41. The molecule has 0 N–H and O–H groups in total. The second-order valence-corrected chi connectivity index (χ2v) is 3.53. The Labute approximate surface area is 98.2 Å². The van der Waals surface area contributed by atoms with Crippen molar-refractivity contribution >= 4 is 11.6 Å². The van der Waals surface area contributed by atoms with Gasteiger partial charge in [0.25, 0.3) is 0 Å². The molecule has 0 radical (unpaired) electrons. The molecule has 0 saturated carbocycles. The summed E-state index contributed by atoms with van der Waals surface area (Å²) in [5.74, 6) is 2.13. The van der Waals surface area contributed by atoms with E-state index < -0.39 is 0 Å². The molecule has 1 heterocycles. The normalized spacial score (nSPS) is 10.4. The van der Waals surface area contributed by atoms with Crippen molar-refractivity contribution in [3.05, 3.63) is 41.5 Å². The molecule has 2 aromatic rings.